The van der Waals surface area contributed by atoms with Gasteiger partial charge in [0.2, 0.25) is 0 Å². The Bertz CT molecular complexity index is 652. The molecule has 0 saturated heterocycles. The molecule has 0 heterocycles. The summed E-state index contributed by atoms with van der Waals surface area (Å²) in [6, 6.07) is 2.45. The Morgan fingerprint density at radius 1 is 0.917 bits per heavy atom. The highest BCUT2D eigenvalue weighted by Gasteiger charge is 2.63. The lowest BCUT2D eigenvalue weighted by molar-refractivity contribution is -0.265. The Balaban J connectivity index is 3.98. The number of phenols is 1. The highest BCUT2D eigenvalue weighted by molar-refractivity contribution is 5.82. The molecule has 0 aromatic heterocycles. The first-order valence-corrected chi connectivity index (χ1v) is 7.35. The summed E-state index contributed by atoms with van der Waals surface area (Å²) in [7, 11) is 0. The standard InChI is InChI=1S/C17H23F3O4/c1-14(2,3)9-7-10(15(4,5)6)12(21)11(8-9)16(24,13(22)23)17(18,19)20/h7-8,21,24H,1-6H3,(H,22,23). The van der Waals surface area contributed by atoms with Crippen molar-refractivity contribution in [2.75, 3.05) is 0 Å². The van der Waals surface area contributed by atoms with E-state index in [2.05, 4.69) is 0 Å². The number of benzene rings is 1. The van der Waals surface area contributed by atoms with E-state index in [1.807, 2.05) is 0 Å². The number of aliphatic carboxylic acids is 1. The zero-order chi connectivity index (χ0) is 19.3. The molecule has 1 aromatic carbocycles. The molecule has 1 atom stereocenters. The number of aromatic hydroxyl groups is 1. The number of phenolic OH excluding ortho intramolecular Hbond substituents is 1. The van der Waals surface area contributed by atoms with Crippen molar-refractivity contribution in [1.29, 1.82) is 0 Å². The normalized spacial score (nSPS) is 15.9. The number of hydrogen-bond donors (Lipinski definition) is 3. The fraction of sp³-hybridized carbons (Fsp3) is 0.588. The second kappa shape index (κ2) is 5.65. The molecule has 24 heavy (non-hydrogen) atoms. The fourth-order valence-electron chi connectivity index (χ4n) is 2.30. The number of rotatable bonds is 2. The van der Waals surface area contributed by atoms with Gasteiger partial charge in [0.15, 0.2) is 0 Å². The molecule has 0 saturated carbocycles. The number of carbonyl (C=O) groups is 1. The van der Waals surface area contributed by atoms with Crippen LogP contribution in [0.5, 0.6) is 5.75 Å². The van der Waals surface area contributed by atoms with E-state index in [9.17, 15) is 28.2 Å². The van der Waals surface area contributed by atoms with E-state index in [-0.39, 0.29) is 5.56 Å². The van der Waals surface area contributed by atoms with Crippen molar-refractivity contribution in [3.05, 3.63) is 28.8 Å². The maximum Gasteiger partial charge on any atom is 0.432 e. The van der Waals surface area contributed by atoms with Crippen LogP contribution in [0.25, 0.3) is 0 Å². The molecule has 1 unspecified atom stereocenters. The van der Waals surface area contributed by atoms with Gasteiger partial charge in [-0.25, -0.2) is 4.79 Å². The number of aliphatic hydroxyl groups is 1. The minimum atomic E-state index is -5.50. The highest BCUT2D eigenvalue weighted by atomic mass is 19.4. The van der Waals surface area contributed by atoms with Gasteiger partial charge in [-0.3, -0.25) is 0 Å². The van der Waals surface area contributed by atoms with E-state index in [0.717, 1.165) is 6.07 Å². The van der Waals surface area contributed by atoms with Gasteiger partial charge in [0.05, 0.1) is 0 Å². The van der Waals surface area contributed by atoms with E-state index in [4.69, 9.17) is 5.11 Å². The summed E-state index contributed by atoms with van der Waals surface area (Å²) in [4.78, 5) is 11.3. The van der Waals surface area contributed by atoms with Crippen LogP contribution >= 0.6 is 0 Å². The molecule has 0 aliphatic carbocycles. The molecule has 0 aliphatic heterocycles. The summed E-state index contributed by atoms with van der Waals surface area (Å²) in [5.74, 6) is -3.35. The van der Waals surface area contributed by atoms with Crippen molar-refractivity contribution in [2.45, 2.75) is 64.1 Å². The number of hydrogen-bond acceptors (Lipinski definition) is 3. The second-order valence-corrected chi connectivity index (χ2v) is 7.93. The Hall–Kier alpha value is -1.76. The van der Waals surface area contributed by atoms with Crippen LogP contribution < -0.4 is 0 Å². The van der Waals surface area contributed by atoms with Crippen LogP contribution in [0.3, 0.4) is 0 Å². The van der Waals surface area contributed by atoms with E-state index < -0.39 is 39.9 Å². The van der Waals surface area contributed by atoms with E-state index in [1.54, 1.807) is 41.5 Å². The topological polar surface area (TPSA) is 77.8 Å². The van der Waals surface area contributed by atoms with Gasteiger partial charge in [-0.15, -0.1) is 0 Å². The van der Waals surface area contributed by atoms with Crippen LogP contribution in [0.4, 0.5) is 13.2 Å². The maximum atomic E-state index is 13.3. The Labute approximate surface area is 138 Å². The van der Waals surface area contributed by atoms with Crippen LogP contribution in [-0.4, -0.2) is 27.5 Å². The Kier molecular flexibility index (Phi) is 4.78. The monoisotopic (exact) mass is 348 g/mol. The molecule has 4 nitrogen and oxygen atoms in total. The van der Waals surface area contributed by atoms with Crippen molar-refractivity contribution < 1.29 is 33.3 Å². The third-order valence-corrected chi connectivity index (χ3v) is 3.89. The van der Waals surface area contributed by atoms with Crippen molar-refractivity contribution in [3.63, 3.8) is 0 Å². The van der Waals surface area contributed by atoms with Crippen molar-refractivity contribution in [2.24, 2.45) is 0 Å². The van der Waals surface area contributed by atoms with Crippen molar-refractivity contribution in [1.82, 2.24) is 0 Å². The summed E-state index contributed by atoms with van der Waals surface area (Å²) < 4.78 is 40.0. The predicted octanol–water partition coefficient (Wildman–Crippen LogP) is 3.82. The van der Waals surface area contributed by atoms with Crippen molar-refractivity contribution in [3.8, 4) is 5.75 Å². The predicted molar refractivity (Wildman–Crippen MR) is 83.1 cm³/mol. The van der Waals surface area contributed by atoms with Gasteiger partial charge in [-0.2, -0.15) is 13.2 Å². The zero-order valence-corrected chi connectivity index (χ0v) is 14.5. The van der Waals surface area contributed by atoms with Gasteiger partial charge in [0.1, 0.15) is 5.75 Å². The Morgan fingerprint density at radius 3 is 1.62 bits per heavy atom. The van der Waals surface area contributed by atoms with E-state index >= 15 is 0 Å². The van der Waals surface area contributed by atoms with Gasteiger partial charge >= 0.3 is 12.1 Å². The second-order valence-electron chi connectivity index (χ2n) is 7.93. The van der Waals surface area contributed by atoms with Crippen LogP contribution in [-0.2, 0) is 21.2 Å². The third kappa shape index (κ3) is 3.36. The molecular formula is C17H23F3O4. The zero-order valence-electron chi connectivity index (χ0n) is 14.5. The molecule has 136 valence electrons. The highest BCUT2D eigenvalue weighted by Crippen LogP contribution is 2.47. The first-order chi connectivity index (χ1) is 10.4. The van der Waals surface area contributed by atoms with Crippen molar-refractivity contribution >= 4 is 5.97 Å². The van der Waals surface area contributed by atoms with Crippen LogP contribution in [0.15, 0.2) is 12.1 Å². The summed E-state index contributed by atoms with van der Waals surface area (Å²) in [5, 5.41) is 29.4. The summed E-state index contributed by atoms with van der Waals surface area (Å²) in [5.41, 5.74) is -6.13. The lowest BCUT2D eigenvalue weighted by Gasteiger charge is -2.32. The largest absolute Gasteiger partial charge is 0.507 e. The number of alkyl halides is 3. The van der Waals surface area contributed by atoms with Gasteiger partial charge in [0, 0.05) is 5.56 Å². The van der Waals surface area contributed by atoms with Crippen LogP contribution in [0.2, 0.25) is 0 Å². The number of carboxylic acid groups (broad SMARTS) is 1. The van der Waals surface area contributed by atoms with Crippen LogP contribution in [0, 0.1) is 0 Å². The van der Waals surface area contributed by atoms with Gasteiger partial charge in [-0.1, -0.05) is 47.6 Å². The molecule has 0 radical (unpaired) electrons. The quantitative estimate of drug-likeness (QED) is 0.759. The Morgan fingerprint density at radius 2 is 1.33 bits per heavy atom. The summed E-state index contributed by atoms with van der Waals surface area (Å²) >= 11 is 0. The lowest BCUT2D eigenvalue weighted by atomic mass is 9.76. The molecule has 1 rings (SSSR count). The van der Waals surface area contributed by atoms with Gasteiger partial charge < -0.3 is 15.3 Å². The maximum absolute atomic E-state index is 13.3. The molecule has 0 bridgehead atoms. The molecule has 7 heteroatoms. The first kappa shape index (κ1) is 20.3. The average Bonchev–Trinajstić information content (AvgIpc) is 2.33. The fourth-order valence-corrected chi connectivity index (χ4v) is 2.30. The molecule has 0 amide bonds. The average molecular weight is 348 g/mol. The molecule has 0 fully saturated rings. The molecule has 1 aromatic rings. The minimum absolute atomic E-state index is 0.133. The molecule has 0 spiro atoms. The lowest BCUT2D eigenvalue weighted by Crippen LogP contribution is -2.49. The van der Waals surface area contributed by atoms with Gasteiger partial charge in [-0.05, 0) is 28.0 Å². The minimum Gasteiger partial charge on any atom is -0.507 e. The van der Waals surface area contributed by atoms with E-state index in [0.29, 0.717) is 5.56 Å². The molecule has 0 aliphatic rings. The van der Waals surface area contributed by atoms with E-state index in [1.165, 1.54) is 6.07 Å². The summed E-state index contributed by atoms with van der Waals surface area (Å²) in [6.07, 6.45) is -5.50. The third-order valence-electron chi connectivity index (χ3n) is 3.89. The summed E-state index contributed by atoms with van der Waals surface area (Å²) in [6.45, 7) is 10.2. The SMILES string of the molecule is CC(C)(C)c1cc(C(C)(C)C)c(O)c(C(O)(C(=O)O)C(F)(F)F)c1. The van der Waals surface area contributed by atoms with Crippen LogP contribution in [0.1, 0.15) is 58.2 Å². The molecule has 3 N–H and O–H groups in total. The first-order valence-electron chi connectivity index (χ1n) is 7.35. The number of halogens is 3. The molecular weight excluding hydrogens is 325 g/mol. The number of carboxylic acids is 1. The smallest absolute Gasteiger partial charge is 0.432 e. The van der Waals surface area contributed by atoms with Gasteiger partial charge in [0.25, 0.3) is 5.60 Å².